The van der Waals surface area contributed by atoms with Gasteiger partial charge in [0.25, 0.3) is 0 Å². The molecule has 2 heterocycles. The van der Waals surface area contributed by atoms with Crippen LogP contribution in [0.1, 0.15) is 23.5 Å². The number of phenols is 1. The van der Waals surface area contributed by atoms with Gasteiger partial charge in [0.2, 0.25) is 5.91 Å². The van der Waals surface area contributed by atoms with E-state index in [0.717, 1.165) is 28.1 Å². The Labute approximate surface area is 179 Å². The summed E-state index contributed by atoms with van der Waals surface area (Å²) in [5.41, 5.74) is 4.49. The normalized spacial score (nSPS) is 15.3. The number of methoxy groups -OCH3 is 1. The zero-order chi connectivity index (χ0) is 21.4. The van der Waals surface area contributed by atoms with Crippen molar-refractivity contribution in [1.82, 2.24) is 9.78 Å². The number of rotatable bonds is 4. The molecular weight excluding hydrogens is 390 g/mol. The van der Waals surface area contributed by atoms with Crippen molar-refractivity contribution >= 4 is 11.7 Å². The van der Waals surface area contributed by atoms with Crippen LogP contribution < -0.4 is 10.1 Å². The lowest BCUT2D eigenvalue weighted by atomic mass is 9.84. The summed E-state index contributed by atoms with van der Waals surface area (Å²) < 4.78 is 7.10. The first kappa shape index (κ1) is 18.9. The van der Waals surface area contributed by atoms with Crippen LogP contribution in [-0.2, 0) is 4.79 Å². The van der Waals surface area contributed by atoms with Crippen LogP contribution in [0.4, 0.5) is 5.82 Å². The van der Waals surface area contributed by atoms with Crippen LogP contribution in [0.15, 0.2) is 78.9 Å². The number of anilines is 1. The summed E-state index contributed by atoms with van der Waals surface area (Å²) in [5.74, 6) is 0.794. The Balaban J connectivity index is 1.76. The molecule has 1 aliphatic heterocycles. The summed E-state index contributed by atoms with van der Waals surface area (Å²) in [5, 5.41) is 18.0. The maximum absolute atomic E-state index is 12.7. The minimum Gasteiger partial charge on any atom is -0.504 e. The number of aromatic nitrogens is 2. The second-order valence-corrected chi connectivity index (χ2v) is 7.46. The van der Waals surface area contributed by atoms with Gasteiger partial charge in [0, 0.05) is 23.5 Å². The maximum Gasteiger partial charge on any atom is 0.226 e. The van der Waals surface area contributed by atoms with Crippen LogP contribution in [0.5, 0.6) is 11.5 Å². The van der Waals surface area contributed by atoms with Gasteiger partial charge in [-0.3, -0.25) is 4.79 Å². The average Bonchev–Trinajstić information content (AvgIpc) is 3.19. The van der Waals surface area contributed by atoms with Crippen LogP contribution in [-0.4, -0.2) is 27.9 Å². The fourth-order valence-electron chi connectivity index (χ4n) is 4.11. The standard InChI is InChI=1S/C25H21N3O3/c1-31-21-14-17(12-13-20(21)29)19-15-22(30)26-25-23(19)24(16-8-4-2-5-9-16)27-28(25)18-10-6-3-7-11-18/h2-14,19,29H,15H2,1H3,(H,26,30)/t19-/m0/s1. The second-order valence-electron chi connectivity index (χ2n) is 7.46. The molecule has 5 rings (SSSR count). The van der Waals surface area contributed by atoms with Gasteiger partial charge in [0.15, 0.2) is 11.5 Å². The van der Waals surface area contributed by atoms with E-state index in [1.54, 1.807) is 16.8 Å². The number of fused-ring (bicyclic) bond motifs is 1. The molecule has 0 saturated carbocycles. The zero-order valence-electron chi connectivity index (χ0n) is 16.9. The molecule has 1 atom stereocenters. The molecule has 6 nitrogen and oxygen atoms in total. The highest BCUT2D eigenvalue weighted by molar-refractivity contribution is 5.96. The van der Waals surface area contributed by atoms with Gasteiger partial charge in [-0.05, 0) is 29.8 Å². The molecule has 0 saturated heterocycles. The lowest BCUT2D eigenvalue weighted by Crippen LogP contribution is -2.24. The number of carbonyl (C=O) groups is 1. The van der Waals surface area contributed by atoms with E-state index in [4.69, 9.17) is 9.84 Å². The van der Waals surface area contributed by atoms with Crippen molar-refractivity contribution < 1.29 is 14.6 Å². The first-order valence-electron chi connectivity index (χ1n) is 10.1. The number of nitrogens with one attached hydrogen (secondary N) is 1. The largest absolute Gasteiger partial charge is 0.504 e. The van der Waals surface area contributed by atoms with Gasteiger partial charge in [-0.1, -0.05) is 54.6 Å². The quantitative estimate of drug-likeness (QED) is 0.509. The summed E-state index contributed by atoms with van der Waals surface area (Å²) in [4.78, 5) is 12.7. The van der Waals surface area contributed by atoms with E-state index < -0.39 is 0 Å². The molecule has 1 aliphatic rings. The van der Waals surface area contributed by atoms with E-state index in [2.05, 4.69) is 5.32 Å². The van der Waals surface area contributed by atoms with Gasteiger partial charge < -0.3 is 15.2 Å². The van der Waals surface area contributed by atoms with Crippen LogP contribution >= 0.6 is 0 Å². The zero-order valence-corrected chi connectivity index (χ0v) is 16.9. The molecule has 154 valence electrons. The summed E-state index contributed by atoms with van der Waals surface area (Å²) >= 11 is 0. The number of benzene rings is 3. The Kier molecular flexibility index (Phi) is 4.67. The summed E-state index contributed by atoms with van der Waals surface area (Å²) in [7, 11) is 1.51. The van der Waals surface area contributed by atoms with E-state index in [1.165, 1.54) is 7.11 Å². The Hall–Kier alpha value is -4.06. The number of phenolic OH excluding ortho intramolecular Hbond substituents is 1. The molecule has 0 spiro atoms. The van der Waals surface area contributed by atoms with Crippen molar-refractivity contribution in [2.75, 3.05) is 12.4 Å². The van der Waals surface area contributed by atoms with Crippen molar-refractivity contribution in [1.29, 1.82) is 0 Å². The lowest BCUT2D eigenvalue weighted by molar-refractivity contribution is -0.116. The van der Waals surface area contributed by atoms with Gasteiger partial charge in [0.1, 0.15) is 5.82 Å². The molecular formula is C25H21N3O3. The van der Waals surface area contributed by atoms with Gasteiger partial charge in [-0.2, -0.15) is 5.10 Å². The Morgan fingerprint density at radius 3 is 2.45 bits per heavy atom. The Bertz CT molecular complexity index is 1250. The van der Waals surface area contributed by atoms with Gasteiger partial charge in [0.05, 0.1) is 18.5 Å². The Morgan fingerprint density at radius 2 is 1.74 bits per heavy atom. The molecule has 3 aromatic carbocycles. The average molecular weight is 411 g/mol. The van der Waals surface area contributed by atoms with Crippen LogP contribution in [0, 0.1) is 0 Å². The minimum atomic E-state index is -0.231. The van der Waals surface area contributed by atoms with E-state index in [9.17, 15) is 9.90 Å². The van der Waals surface area contributed by atoms with Crippen LogP contribution in [0.25, 0.3) is 16.9 Å². The number of amides is 1. The third kappa shape index (κ3) is 3.32. The number of hydrogen-bond acceptors (Lipinski definition) is 4. The molecule has 0 bridgehead atoms. The van der Waals surface area contributed by atoms with Crippen molar-refractivity contribution in [3.63, 3.8) is 0 Å². The van der Waals surface area contributed by atoms with Gasteiger partial charge in [-0.15, -0.1) is 0 Å². The first-order valence-corrected chi connectivity index (χ1v) is 10.1. The molecule has 0 radical (unpaired) electrons. The molecule has 0 unspecified atom stereocenters. The monoisotopic (exact) mass is 411 g/mol. The number of nitrogens with zero attached hydrogens (tertiary/aromatic N) is 2. The predicted molar refractivity (Wildman–Crippen MR) is 119 cm³/mol. The topological polar surface area (TPSA) is 76.4 Å². The fourth-order valence-corrected chi connectivity index (χ4v) is 4.11. The third-order valence-corrected chi connectivity index (χ3v) is 5.57. The van der Waals surface area contributed by atoms with E-state index in [-0.39, 0.29) is 24.0 Å². The molecule has 6 heteroatoms. The van der Waals surface area contributed by atoms with Crippen molar-refractivity contribution in [3.8, 4) is 28.4 Å². The van der Waals surface area contributed by atoms with E-state index in [0.29, 0.717) is 11.6 Å². The fraction of sp³-hybridized carbons (Fsp3) is 0.120. The second kappa shape index (κ2) is 7.65. The maximum atomic E-state index is 12.7. The minimum absolute atomic E-state index is 0.0648. The highest BCUT2D eigenvalue weighted by Gasteiger charge is 2.34. The first-order chi connectivity index (χ1) is 15.2. The SMILES string of the molecule is COc1cc([C@@H]2CC(=O)Nc3c2c(-c2ccccc2)nn3-c2ccccc2)ccc1O. The van der Waals surface area contributed by atoms with Crippen molar-refractivity contribution in [3.05, 3.63) is 90.0 Å². The highest BCUT2D eigenvalue weighted by atomic mass is 16.5. The summed E-state index contributed by atoms with van der Waals surface area (Å²) in [6.07, 6.45) is 0.279. The molecule has 1 amide bonds. The predicted octanol–water partition coefficient (Wildman–Crippen LogP) is 4.73. The third-order valence-electron chi connectivity index (χ3n) is 5.57. The van der Waals surface area contributed by atoms with Crippen molar-refractivity contribution in [2.24, 2.45) is 0 Å². The van der Waals surface area contributed by atoms with E-state index in [1.807, 2.05) is 66.7 Å². The summed E-state index contributed by atoms with van der Waals surface area (Å²) in [6, 6.07) is 24.9. The molecule has 2 N–H and O–H groups in total. The van der Waals surface area contributed by atoms with Crippen molar-refractivity contribution in [2.45, 2.75) is 12.3 Å². The van der Waals surface area contributed by atoms with Crippen LogP contribution in [0.3, 0.4) is 0 Å². The lowest BCUT2D eigenvalue weighted by Gasteiger charge is -2.25. The number of carbonyl (C=O) groups excluding carboxylic acids is 1. The van der Waals surface area contributed by atoms with Gasteiger partial charge in [-0.25, -0.2) is 4.68 Å². The molecule has 1 aromatic heterocycles. The Morgan fingerprint density at radius 1 is 1.03 bits per heavy atom. The highest BCUT2D eigenvalue weighted by Crippen LogP contribution is 2.45. The number of ether oxygens (including phenoxy) is 1. The molecule has 31 heavy (non-hydrogen) atoms. The smallest absolute Gasteiger partial charge is 0.226 e. The number of hydrogen-bond donors (Lipinski definition) is 2. The number of aromatic hydroxyl groups is 1. The van der Waals surface area contributed by atoms with Gasteiger partial charge >= 0.3 is 0 Å². The summed E-state index contributed by atoms with van der Waals surface area (Å²) in [6.45, 7) is 0. The molecule has 4 aromatic rings. The molecule has 0 aliphatic carbocycles. The van der Waals surface area contributed by atoms with E-state index >= 15 is 0 Å². The number of para-hydroxylation sites is 1. The van der Waals surface area contributed by atoms with Crippen LogP contribution in [0.2, 0.25) is 0 Å². The molecule has 0 fully saturated rings.